The van der Waals surface area contributed by atoms with Crippen molar-refractivity contribution in [3.8, 4) is 0 Å². The van der Waals surface area contributed by atoms with Gasteiger partial charge < -0.3 is 4.74 Å². The molecule has 0 unspecified atom stereocenters. The number of hydrogen-bond acceptors (Lipinski definition) is 4. The van der Waals surface area contributed by atoms with Crippen LogP contribution in [0.15, 0.2) is 84.9 Å². The van der Waals surface area contributed by atoms with Gasteiger partial charge in [-0.3, -0.25) is 4.72 Å². The van der Waals surface area contributed by atoms with Gasteiger partial charge in [-0.2, -0.15) is 0 Å². The van der Waals surface area contributed by atoms with Crippen molar-refractivity contribution in [3.63, 3.8) is 0 Å². The van der Waals surface area contributed by atoms with E-state index >= 15 is 0 Å². The summed E-state index contributed by atoms with van der Waals surface area (Å²) in [4.78, 5) is 12.6. The molecule has 6 heteroatoms. The molecule has 0 heterocycles. The van der Waals surface area contributed by atoms with Gasteiger partial charge in [-0.1, -0.05) is 60.7 Å². The summed E-state index contributed by atoms with van der Waals surface area (Å²) in [5.74, 6) is -0.487. The van der Waals surface area contributed by atoms with Gasteiger partial charge >= 0.3 is 5.97 Å². The SMILES string of the molecule is CS(=O)(=O)Nc1ccc(C(=O)OC(c2ccccc2)c2ccccc2)cc1. The Morgan fingerprint density at radius 2 is 1.30 bits per heavy atom. The van der Waals surface area contributed by atoms with E-state index in [2.05, 4.69) is 4.72 Å². The standard InChI is InChI=1S/C21H19NO4S/c1-27(24,25)22-19-14-12-18(13-15-19)21(23)26-20(16-8-4-2-5-9-16)17-10-6-3-7-11-17/h2-15,20,22H,1H3. The third-order valence-corrected chi connectivity index (χ3v) is 4.46. The fourth-order valence-electron chi connectivity index (χ4n) is 2.65. The van der Waals surface area contributed by atoms with Gasteiger partial charge in [0.2, 0.25) is 10.0 Å². The molecule has 0 saturated heterocycles. The number of nitrogens with one attached hydrogen (secondary N) is 1. The molecule has 5 nitrogen and oxygen atoms in total. The van der Waals surface area contributed by atoms with Crippen LogP contribution in [0.3, 0.4) is 0 Å². The molecule has 3 aromatic rings. The minimum atomic E-state index is -3.37. The van der Waals surface area contributed by atoms with E-state index in [9.17, 15) is 13.2 Å². The fraction of sp³-hybridized carbons (Fsp3) is 0.0952. The van der Waals surface area contributed by atoms with Crippen molar-refractivity contribution >= 4 is 21.7 Å². The summed E-state index contributed by atoms with van der Waals surface area (Å²) in [5.41, 5.74) is 2.46. The van der Waals surface area contributed by atoms with E-state index in [4.69, 9.17) is 4.74 Å². The van der Waals surface area contributed by atoms with E-state index in [1.165, 1.54) is 24.3 Å². The van der Waals surface area contributed by atoms with Gasteiger partial charge in [0, 0.05) is 5.69 Å². The van der Waals surface area contributed by atoms with Crippen LogP contribution in [0.4, 0.5) is 5.69 Å². The number of carbonyl (C=O) groups is 1. The van der Waals surface area contributed by atoms with Gasteiger partial charge in [-0.05, 0) is 35.4 Å². The Hall–Kier alpha value is -3.12. The molecule has 138 valence electrons. The molecular formula is C21H19NO4S. The predicted octanol–water partition coefficient (Wildman–Crippen LogP) is 4.00. The van der Waals surface area contributed by atoms with Crippen LogP contribution in [0.2, 0.25) is 0 Å². The molecule has 0 aromatic heterocycles. The Labute approximate surface area is 158 Å². The molecule has 1 N–H and O–H groups in total. The number of hydrogen-bond donors (Lipinski definition) is 1. The first kappa shape index (κ1) is 18.7. The molecule has 0 fully saturated rings. The Kier molecular flexibility index (Phi) is 5.57. The molecular weight excluding hydrogens is 362 g/mol. The molecule has 3 rings (SSSR count). The van der Waals surface area contributed by atoms with E-state index < -0.39 is 22.1 Å². The second kappa shape index (κ2) is 8.05. The molecule has 27 heavy (non-hydrogen) atoms. The fourth-order valence-corrected chi connectivity index (χ4v) is 3.21. The van der Waals surface area contributed by atoms with Crippen molar-refractivity contribution in [1.82, 2.24) is 0 Å². The van der Waals surface area contributed by atoms with Crippen molar-refractivity contribution < 1.29 is 17.9 Å². The summed E-state index contributed by atoms with van der Waals surface area (Å²) in [5, 5.41) is 0. The average molecular weight is 381 g/mol. The first-order valence-corrected chi connectivity index (χ1v) is 10.2. The lowest BCUT2D eigenvalue weighted by Gasteiger charge is -2.19. The van der Waals surface area contributed by atoms with Crippen LogP contribution < -0.4 is 4.72 Å². The van der Waals surface area contributed by atoms with Crippen molar-refractivity contribution in [2.45, 2.75) is 6.10 Å². The zero-order chi connectivity index (χ0) is 19.3. The van der Waals surface area contributed by atoms with E-state index in [1.54, 1.807) is 0 Å². The van der Waals surface area contributed by atoms with Gasteiger partial charge in [-0.25, -0.2) is 13.2 Å². The number of ether oxygens (including phenoxy) is 1. The maximum Gasteiger partial charge on any atom is 0.339 e. The van der Waals surface area contributed by atoms with Crippen LogP contribution in [0.5, 0.6) is 0 Å². The van der Waals surface area contributed by atoms with Crippen molar-refractivity contribution in [1.29, 1.82) is 0 Å². The normalized spacial score (nSPS) is 11.2. The number of rotatable bonds is 6. The number of carbonyl (C=O) groups excluding carboxylic acids is 1. The van der Waals surface area contributed by atoms with Gasteiger partial charge in [-0.15, -0.1) is 0 Å². The topological polar surface area (TPSA) is 72.5 Å². The van der Waals surface area contributed by atoms with E-state index in [0.29, 0.717) is 11.3 Å². The summed E-state index contributed by atoms with van der Waals surface area (Å²) in [6.07, 6.45) is 0.535. The lowest BCUT2D eigenvalue weighted by atomic mass is 10.0. The summed E-state index contributed by atoms with van der Waals surface area (Å²) in [6.45, 7) is 0. The maximum atomic E-state index is 12.6. The smallest absolute Gasteiger partial charge is 0.339 e. The van der Waals surface area contributed by atoms with E-state index in [0.717, 1.165) is 17.4 Å². The highest BCUT2D eigenvalue weighted by molar-refractivity contribution is 7.92. The van der Waals surface area contributed by atoms with Crippen LogP contribution in [-0.4, -0.2) is 20.6 Å². The van der Waals surface area contributed by atoms with Crippen molar-refractivity contribution in [2.24, 2.45) is 0 Å². The Morgan fingerprint density at radius 1 is 0.815 bits per heavy atom. The second-order valence-corrected chi connectivity index (χ2v) is 7.81. The average Bonchev–Trinajstić information content (AvgIpc) is 2.66. The number of sulfonamides is 1. The monoisotopic (exact) mass is 381 g/mol. The van der Waals surface area contributed by atoms with Crippen LogP contribution in [0.1, 0.15) is 27.6 Å². The molecule has 0 bridgehead atoms. The van der Waals surface area contributed by atoms with Crippen LogP contribution >= 0.6 is 0 Å². The van der Waals surface area contributed by atoms with E-state index in [1.807, 2.05) is 60.7 Å². The largest absolute Gasteiger partial charge is 0.449 e. The molecule has 0 saturated carbocycles. The minimum Gasteiger partial charge on any atom is -0.449 e. The van der Waals surface area contributed by atoms with Crippen molar-refractivity contribution in [2.75, 3.05) is 11.0 Å². The Bertz CT molecular complexity index is 962. The number of anilines is 1. The summed E-state index contributed by atoms with van der Waals surface area (Å²) >= 11 is 0. The molecule has 0 atom stereocenters. The number of benzene rings is 3. The lowest BCUT2D eigenvalue weighted by Crippen LogP contribution is -2.13. The first-order valence-electron chi connectivity index (χ1n) is 8.31. The summed E-state index contributed by atoms with van der Waals surface area (Å²) in [6, 6.07) is 25.1. The number of esters is 1. The molecule has 0 aliphatic carbocycles. The maximum absolute atomic E-state index is 12.6. The molecule has 0 aliphatic rings. The molecule has 3 aromatic carbocycles. The van der Waals surface area contributed by atoms with Gasteiger partial charge in [0.25, 0.3) is 0 Å². The van der Waals surface area contributed by atoms with Crippen LogP contribution in [-0.2, 0) is 14.8 Å². The Morgan fingerprint density at radius 3 is 1.74 bits per heavy atom. The third kappa shape index (κ3) is 5.18. The first-order chi connectivity index (χ1) is 12.9. The van der Waals surface area contributed by atoms with Gasteiger partial charge in [0.05, 0.1) is 11.8 Å². The van der Waals surface area contributed by atoms with Gasteiger partial charge in [0.1, 0.15) is 0 Å². The zero-order valence-corrected chi connectivity index (χ0v) is 15.5. The summed E-state index contributed by atoms with van der Waals surface area (Å²) < 4.78 is 30.7. The highest BCUT2D eigenvalue weighted by Crippen LogP contribution is 2.27. The quantitative estimate of drug-likeness (QED) is 0.655. The predicted molar refractivity (Wildman–Crippen MR) is 105 cm³/mol. The minimum absolute atomic E-state index is 0.339. The highest BCUT2D eigenvalue weighted by Gasteiger charge is 2.20. The third-order valence-electron chi connectivity index (χ3n) is 3.85. The molecule has 0 amide bonds. The highest BCUT2D eigenvalue weighted by atomic mass is 32.2. The van der Waals surface area contributed by atoms with E-state index in [-0.39, 0.29) is 0 Å². The Balaban J connectivity index is 1.83. The molecule has 0 radical (unpaired) electrons. The van der Waals surface area contributed by atoms with Crippen LogP contribution in [0, 0.1) is 0 Å². The molecule has 0 aliphatic heterocycles. The summed E-state index contributed by atoms with van der Waals surface area (Å²) in [7, 11) is -3.37. The van der Waals surface area contributed by atoms with Gasteiger partial charge in [0.15, 0.2) is 6.10 Å². The van der Waals surface area contributed by atoms with Crippen LogP contribution in [0.25, 0.3) is 0 Å². The molecule has 0 spiro atoms. The van der Waals surface area contributed by atoms with Crippen molar-refractivity contribution in [3.05, 3.63) is 102 Å². The lowest BCUT2D eigenvalue weighted by molar-refractivity contribution is 0.0378. The zero-order valence-electron chi connectivity index (χ0n) is 14.7. The second-order valence-electron chi connectivity index (χ2n) is 6.06.